The molecule has 0 atom stereocenters. The van der Waals surface area contributed by atoms with Gasteiger partial charge in [-0.1, -0.05) is 14.0 Å². The van der Waals surface area contributed by atoms with Crippen LogP contribution in [0, 0.1) is 0 Å². The molecule has 0 aliphatic rings. The van der Waals surface area contributed by atoms with Gasteiger partial charge in [0.2, 0.25) is 0 Å². The first-order chi connectivity index (χ1) is 4.00. The van der Waals surface area contributed by atoms with Crippen LogP contribution in [0.4, 0.5) is 0 Å². The van der Waals surface area contributed by atoms with Crippen molar-refractivity contribution in [2.24, 2.45) is 0 Å². The third kappa shape index (κ3) is 264. The van der Waals surface area contributed by atoms with E-state index in [0.717, 1.165) is 6.92 Å². The Kier molecular flexibility index (Phi) is 17.4. The van der Waals surface area contributed by atoms with E-state index in [1.165, 1.54) is 6.92 Å². The fraction of sp³-hybridized carbons (Fsp3) is 0.500. The molecule has 0 aromatic heterocycles. The Balaban J connectivity index is -0.0000000910. The summed E-state index contributed by atoms with van der Waals surface area (Å²) in [6.07, 6.45) is 0. The number of carbonyl (C=O) groups excluding carboxylic acids is 1. The van der Waals surface area contributed by atoms with Crippen LogP contribution in [0.3, 0.4) is 0 Å². The fourth-order valence-electron chi connectivity index (χ4n) is 0. The van der Waals surface area contributed by atoms with Crippen LogP contribution >= 0.6 is 0 Å². The predicted molar refractivity (Wildman–Crippen MR) is 38.6 cm³/mol. The van der Waals surface area contributed by atoms with Gasteiger partial charge in [0, 0.05) is 6.92 Å². The summed E-state index contributed by atoms with van der Waals surface area (Å²) >= 11 is 0. The fourth-order valence-corrected chi connectivity index (χ4v) is 0. The zero-order chi connectivity index (χ0) is 7.86. The molecular weight excluding hydrogens is 136 g/mol. The van der Waals surface area contributed by atoms with Gasteiger partial charge in [0.25, 0.3) is 0 Å². The Morgan fingerprint density at radius 2 is 1.60 bits per heavy atom. The quantitative estimate of drug-likeness (QED) is 0.313. The standard InChI is InChI=1S/C3H6O.C2H4O3.CH4/c1-3(2)4;1-2(3)5-4;/h4H,1H2,2H3;4H,1H3;1H4. The molecule has 0 fully saturated rings. The van der Waals surface area contributed by atoms with E-state index in [9.17, 15) is 4.79 Å². The lowest BCUT2D eigenvalue weighted by atomic mass is 10.7. The molecule has 10 heavy (non-hydrogen) atoms. The molecule has 0 unspecified atom stereocenters. The van der Waals surface area contributed by atoms with Crippen LogP contribution in [-0.4, -0.2) is 16.3 Å². The van der Waals surface area contributed by atoms with Gasteiger partial charge in [-0.3, -0.25) is 0 Å². The van der Waals surface area contributed by atoms with Crippen LogP contribution in [0.1, 0.15) is 21.3 Å². The lowest BCUT2D eigenvalue weighted by Gasteiger charge is -1.76. The van der Waals surface area contributed by atoms with Crippen molar-refractivity contribution in [1.29, 1.82) is 0 Å². The van der Waals surface area contributed by atoms with Crippen molar-refractivity contribution in [3.05, 3.63) is 12.3 Å². The van der Waals surface area contributed by atoms with Gasteiger partial charge >= 0.3 is 5.97 Å². The van der Waals surface area contributed by atoms with Crippen LogP contribution < -0.4 is 0 Å². The van der Waals surface area contributed by atoms with Crippen LogP contribution in [0.5, 0.6) is 0 Å². The van der Waals surface area contributed by atoms with Crippen LogP contribution in [0.2, 0.25) is 0 Å². The van der Waals surface area contributed by atoms with Gasteiger partial charge in [-0.25, -0.2) is 4.79 Å². The summed E-state index contributed by atoms with van der Waals surface area (Å²) in [5.74, 6) is -0.523. The highest BCUT2D eigenvalue weighted by Gasteiger charge is 1.79. The second-order valence-electron chi connectivity index (χ2n) is 1.32. The number of allylic oxidation sites excluding steroid dienone is 1. The predicted octanol–water partition coefficient (Wildman–Crippen LogP) is 1.74. The summed E-state index contributed by atoms with van der Waals surface area (Å²) in [4.78, 5) is 12.5. The van der Waals surface area contributed by atoms with Gasteiger partial charge < -0.3 is 9.99 Å². The summed E-state index contributed by atoms with van der Waals surface area (Å²) < 4.78 is 0. The van der Waals surface area contributed by atoms with Crippen molar-refractivity contribution < 1.29 is 20.0 Å². The zero-order valence-corrected chi connectivity index (χ0v) is 5.42. The minimum absolute atomic E-state index is 0. The van der Waals surface area contributed by atoms with Crippen molar-refractivity contribution in [2.75, 3.05) is 0 Å². The Labute approximate surface area is 60.7 Å². The van der Waals surface area contributed by atoms with Gasteiger partial charge in [-0.2, -0.15) is 5.26 Å². The molecule has 0 aliphatic carbocycles. The first kappa shape index (κ1) is 16.0. The van der Waals surface area contributed by atoms with E-state index in [1.807, 2.05) is 0 Å². The number of hydrogen-bond acceptors (Lipinski definition) is 4. The Bertz CT molecular complexity index is 93.9. The van der Waals surface area contributed by atoms with E-state index in [0.29, 0.717) is 0 Å². The molecular formula is C6H14O4. The van der Waals surface area contributed by atoms with Gasteiger partial charge in [0.05, 0.1) is 5.76 Å². The Morgan fingerprint density at radius 1 is 1.50 bits per heavy atom. The molecule has 0 aromatic carbocycles. The first-order valence-corrected chi connectivity index (χ1v) is 2.17. The molecule has 0 bridgehead atoms. The molecule has 0 heterocycles. The molecule has 0 saturated carbocycles. The van der Waals surface area contributed by atoms with Crippen LogP contribution in [-0.2, 0) is 9.68 Å². The minimum atomic E-state index is -0.690. The second-order valence-corrected chi connectivity index (χ2v) is 1.32. The third-order valence-electron chi connectivity index (χ3n) is 0.129. The highest BCUT2D eigenvalue weighted by atomic mass is 17.1. The van der Waals surface area contributed by atoms with E-state index in [-0.39, 0.29) is 13.2 Å². The highest BCUT2D eigenvalue weighted by Crippen LogP contribution is 1.66. The molecule has 4 nitrogen and oxygen atoms in total. The largest absolute Gasteiger partial charge is 0.513 e. The van der Waals surface area contributed by atoms with Crippen LogP contribution in [0.15, 0.2) is 12.3 Å². The lowest BCUT2D eigenvalue weighted by molar-refractivity contribution is -0.231. The molecule has 0 amide bonds. The zero-order valence-electron chi connectivity index (χ0n) is 5.42. The van der Waals surface area contributed by atoms with Crippen molar-refractivity contribution in [3.63, 3.8) is 0 Å². The SMILES string of the molecule is C.C=C(C)O.CC(=O)OO. The third-order valence-corrected chi connectivity index (χ3v) is 0.129. The van der Waals surface area contributed by atoms with Gasteiger partial charge in [-0.05, 0) is 6.92 Å². The van der Waals surface area contributed by atoms with Crippen molar-refractivity contribution in [2.45, 2.75) is 21.3 Å². The van der Waals surface area contributed by atoms with Crippen molar-refractivity contribution in [3.8, 4) is 0 Å². The monoisotopic (exact) mass is 150 g/mol. The molecule has 0 spiro atoms. The topological polar surface area (TPSA) is 66.8 Å². The molecule has 4 heteroatoms. The normalized spacial score (nSPS) is 5.90. The average Bonchev–Trinajstić information content (AvgIpc) is 1.65. The summed E-state index contributed by atoms with van der Waals surface area (Å²) in [6, 6.07) is 0. The van der Waals surface area contributed by atoms with Gasteiger partial charge in [0.1, 0.15) is 0 Å². The van der Waals surface area contributed by atoms with Crippen molar-refractivity contribution >= 4 is 5.97 Å². The molecule has 0 radical (unpaired) electrons. The molecule has 2 N–H and O–H groups in total. The van der Waals surface area contributed by atoms with E-state index in [1.54, 1.807) is 0 Å². The molecule has 0 aliphatic heterocycles. The molecule has 0 rings (SSSR count). The average molecular weight is 150 g/mol. The minimum Gasteiger partial charge on any atom is -0.513 e. The Hall–Kier alpha value is -1.03. The number of carbonyl (C=O) groups is 1. The molecule has 0 aromatic rings. The smallest absolute Gasteiger partial charge is 0.339 e. The van der Waals surface area contributed by atoms with Crippen LogP contribution in [0.25, 0.3) is 0 Å². The van der Waals surface area contributed by atoms with E-state index in [4.69, 9.17) is 10.4 Å². The maximum absolute atomic E-state index is 9.34. The summed E-state index contributed by atoms with van der Waals surface area (Å²) in [6.45, 7) is 5.75. The Morgan fingerprint density at radius 3 is 1.60 bits per heavy atom. The highest BCUT2D eigenvalue weighted by molar-refractivity contribution is 5.64. The number of aliphatic hydroxyl groups is 1. The lowest BCUT2D eigenvalue weighted by Crippen LogP contribution is -1.89. The van der Waals surface area contributed by atoms with Gasteiger partial charge in [-0.15, -0.1) is 0 Å². The molecule has 62 valence electrons. The maximum atomic E-state index is 9.34. The second kappa shape index (κ2) is 10.9. The summed E-state index contributed by atoms with van der Waals surface area (Å²) in [5.41, 5.74) is 0. The van der Waals surface area contributed by atoms with E-state index in [2.05, 4.69) is 11.5 Å². The summed E-state index contributed by atoms with van der Waals surface area (Å²) in [5, 5.41) is 15.2. The van der Waals surface area contributed by atoms with E-state index >= 15 is 0 Å². The molecule has 0 saturated heterocycles. The number of rotatable bonds is 0. The summed E-state index contributed by atoms with van der Waals surface area (Å²) in [7, 11) is 0. The maximum Gasteiger partial charge on any atom is 0.339 e. The van der Waals surface area contributed by atoms with Gasteiger partial charge in [0.15, 0.2) is 0 Å². The number of hydrogen-bond donors (Lipinski definition) is 2. The van der Waals surface area contributed by atoms with Crippen molar-refractivity contribution in [1.82, 2.24) is 0 Å². The van der Waals surface area contributed by atoms with E-state index < -0.39 is 5.97 Å². The number of aliphatic hydroxyl groups excluding tert-OH is 1. The first-order valence-electron chi connectivity index (χ1n) is 2.17.